The van der Waals surface area contributed by atoms with Crippen molar-refractivity contribution in [3.8, 4) is 0 Å². The van der Waals surface area contributed by atoms with Crippen molar-refractivity contribution in [1.82, 2.24) is 25.8 Å². The standard InChI is InChI=1S/C42H63N7O5/c1-30(2)25-36(47-40(52)37(27-32-13-7-4-8-14-32)46-38(50)34(44)26-31-11-5-3-6-12-31)39(51)45-35(15-9-10-20-43)41(53)49-28-42(29-49)18-21-48(22-19-42)33-16-23-54-24-17-33/h3-8,11-14,30,33-37H,9-10,15-29,43-44H2,1-2H3,(H,45,51)(H,46,50)(H,47,52)/t34-,35-,36?,37-/m1/s1. The fourth-order valence-electron chi connectivity index (χ4n) is 8.17. The average Bonchev–Trinajstić information content (AvgIpc) is 3.16. The molecule has 3 aliphatic rings. The van der Waals surface area contributed by atoms with Gasteiger partial charge in [-0.3, -0.25) is 19.2 Å². The minimum Gasteiger partial charge on any atom is -0.381 e. The maximum absolute atomic E-state index is 14.0. The zero-order chi connectivity index (χ0) is 38.5. The van der Waals surface area contributed by atoms with Crippen LogP contribution in [0.5, 0.6) is 0 Å². The fraction of sp³-hybridized carbons (Fsp3) is 0.619. The minimum absolute atomic E-state index is 0.0659. The topological polar surface area (TPSA) is 172 Å². The molecule has 296 valence electrons. The first-order chi connectivity index (χ1) is 26.1. The number of hydrogen-bond acceptors (Lipinski definition) is 8. The number of benzene rings is 2. The van der Waals surface area contributed by atoms with E-state index in [9.17, 15) is 19.2 Å². The lowest BCUT2D eigenvalue weighted by molar-refractivity contribution is -0.151. The van der Waals surface area contributed by atoms with Gasteiger partial charge >= 0.3 is 0 Å². The molecule has 2 aromatic carbocycles. The molecular weight excluding hydrogens is 683 g/mol. The van der Waals surface area contributed by atoms with Gasteiger partial charge in [-0.2, -0.15) is 0 Å². The third kappa shape index (κ3) is 11.8. The molecule has 4 atom stereocenters. The van der Waals surface area contributed by atoms with E-state index in [0.29, 0.717) is 51.4 Å². The largest absolute Gasteiger partial charge is 0.381 e. The molecule has 7 N–H and O–H groups in total. The Morgan fingerprint density at radius 1 is 0.778 bits per heavy atom. The van der Waals surface area contributed by atoms with Gasteiger partial charge < -0.3 is 42.0 Å². The van der Waals surface area contributed by atoms with Gasteiger partial charge in [0.25, 0.3) is 0 Å². The Bertz CT molecular complexity index is 1490. The molecular formula is C42H63N7O5. The van der Waals surface area contributed by atoms with Crippen LogP contribution in [0.4, 0.5) is 0 Å². The van der Waals surface area contributed by atoms with E-state index in [1.54, 1.807) is 0 Å². The van der Waals surface area contributed by atoms with Gasteiger partial charge in [0, 0.05) is 44.2 Å². The highest BCUT2D eigenvalue weighted by molar-refractivity contribution is 5.95. The SMILES string of the molecule is CC(C)CC(NC(=O)[C@@H](Cc1ccccc1)NC(=O)[C@H](N)Cc1ccccc1)C(=O)N[C@H](CCCCN)C(=O)N1CC2(CCN(C3CCOCC3)CC2)C1. The molecule has 0 aromatic heterocycles. The third-order valence-electron chi connectivity index (χ3n) is 11.4. The van der Waals surface area contributed by atoms with Crippen LogP contribution < -0.4 is 27.4 Å². The summed E-state index contributed by atoms with van der Waals surface area (Å²) in [5.41, 5.74) is 14.0. The summed E-state index contributed by atoms with van der Waals surface area (Å²) in [5, 5.41) is 8.85. The molecule has 1 unspecified atom stereocenters. The quantitative estimate of drug-likeness (QED) is 0.145. The Hall–Kier alpha value is -3.84. The van der Waals surface area contributed by atoms with Crippen LogP contribution in [-0.2, 0) is 36.8 Å². The summed E-state index contributed by atoms with van der Waals surface area (Å²) in [4.78, 5) is 59.9. The Kier molecular flexibility index (Phi) is 15.4. The number of ether oxygens (including phenoxy) is 1. The first kappa shape index (κ1) is 41.3. The summed E-state index contributed by atoms with van der Waals surface area (Å²) in [6, 6.07) is 16.0. The van der Waals surface area contributed by atoms with Crippen molar-refractivity contribution in [3.63, 3.8) is 0 Å². The lowest BCUT2D eigenvalue weighted by atomic mass is 9.71. The summed E-state index contributed by atoms with van der Waals surface area (Å²) < 4.78 is 5.56. The Labute approximate surface area is 321 Å². The first-order valence-corrected chi connectivity index (χ1v) is 20.1. The van der Waals surface area contributed by atoms with Crippen molar-refractivity contribution in [1.29, 1.82) is 0 Å². The minimum atomic E-state index is -0.971. The molecule has 1 spiro atoms. The second-order valence-corrected chi connectivity index (χ2v) is 16.2. The van der Waals surface area contributed by atoms with Gasteiger partial charge in [0.1, 0.15) is 18.1 Å². The van der Waals surface area contributed by atoms with Crippen LogP contribution in [0.1, 0.15) is 76.3 Å². The summed E-state index contributed by atoms with van der Waals surface area (Å²) >= 11 is 0. The van der Waals surface area contributed by atoms with Gasteiger partial charge in [0.15, 0.2) is 0 Å². The molecule has 12 nitrogen and oxygen atoms in total. The molecule has 3 fully saturated rings. The van der Waals surface area contributed by atoms with Crippen LogP contribution >= 0.6 is 0 Å². The molecule has 12 heteroatoms. The number of hydrogen-bond donors (Lipinski definition) is 5. The summed E-state index contributed by atoms with van der Waals surface area (Å²) in [7, 11) is 0. The molecule has 5 rings (SSSR count). The molecule has 0 radical (unpaired) electrons. The highest BCUT2D eigenvalue weighted by Crippen LogP contribution is 2.41. The van der Waals surface area contributed by atoms with E-state index in [-0.39, 0.29) is 23.7 Å². The maximum Gasteiger partial charge on any atom is 0.245 e. The van der Waals surface area contributed by atoms with Crippen LogP contribution in [0.25, 0.3) is 0 Å². The van der Waals surface area contributed by atoms with Gasteiger partial charge in [-0.05, 0) is 94.5 Å². The highest BCUT2D eigenvalue weighted by atomic mass is 16.5. The van der Waals surface area contributed by atoms with Crippen LogP contribution in [0, 0.1) is 11.3 Å². The lowest BCUT2D eigenvalue weighted by Gasteiger charge is -2.55. The van der Waals surface area contributed by atoms with Gasteiger partial charge in [0.05, 0.1) is 6.04 Å². The number of rotatable bonds is 18. The average molecular weight is 746 g/mol. The monoisotopic (exact) mass is 745 g/mol. The molecule has 0 saturated carbocycles. The van der Waals surface area contributed by atoms with Crippen molar-refractivity contribution in [2.75, 3.05) is 45.9 Å². The molecule has 4 amide bonds. The molecule has 2 aromatic rings. The zero-order valence-corrected chi connectivity index (χ0v) is 32.3. The second-order valence-electron chi connectivity index (χ2n) is 16.2. The lowest BCUT2D eigenvalue weighted by Crippen LogP contribution is -2.66. The number of amides is 4. The number of nitrogens with zero attached hydrogens (tertiary/aromatic N) is 2. The molecule has 0 aliphatic carbocycles. The van der Waals surface area contributed by atoms with Crippen molar-refractivity contribution < 1.29 is 23.9 Å². The van der Waals surface area contributed by atoms with E-state index in [1.807, 2.05) is 79.4 Å². The van der Waals surface area contributed by atoms with Gasteiger partial charge in [-0.15, -0.1) is 0 Å². The van der Waals surface area contributed by atoms with Crippen molar-refractivity contribution in [2.24, 2.45) is 22.8 Å². The summed E-state index contributed by atoms with van der Waals surface area (Å²) in [6.07, 6.45) is 7.11. The van der Waals surface area contributed by atoms with Crippen molar-refractivity contribution in [3.05, 3.63) is 71.8 Å². The number of carbonyl (C=O) groups is 4. The second kappa shape index (κ2) is 20.2. The molecule has 54 heavy (non-hydrogen) atoms. The van der Waals surface area contributed by atoms with E-state index in [2.05, 4.69) is 20.9 Å². The van der Waals surface area contributed by atoms with E-state index in [0.717, 1.165) is 69.5 Å². The highest BCUT2D eigenvalue weighted by Gasteiger charge is 2.48. The van der Waals surface area contributed by atoms with Crippen molar-refractivity contribution in [2.45, 2.75) is 108 Å². The van der Waals surface area contributed by atoms with E-state index in [1.165, 1.54) is 0 Å². The van der Waals surface area contributed by atoms with Gasteiger partial charge in [-0.1, -0.05) is 74.5 Å². The fourth-order valence-corrected chi connectivity index (χ4v) is 8.17. The summed E-state index contributed by atoms with van der Waals surface area (Å²) in [6.45, 7) is 9.64. The predicted octanol–water partition coefficient (Wildman–Crippen LogP) is 2.53. The van der Waals surface area contributed by atoms with Crippen LogP contribution in [-0.4, -0.2) is 110 Å². The predicted molar refractivity (Wildman–Crippen MR) is 210 cm³/mol. The van der Waals surface area contributed by atoms with Gasteiger partial charge in [-0.25, -0.2) is 0 Å². The van der Waals surface area contributed by atoms with Crippen molar-refractivity contribution >= 4 is 23.6 Å². The van der Waals surface area contributed by atoms with E-state index < -0.39 is 41.9 Å². The summed E-state index contributed by atoms with van der Waals surface area (Å²) in [5.74, 6) is -1.35. The normalized spacial score (nSPS) is 19.7. The Morgan fingerprint density at radius 2 is 1.33 bits per heavy atom. The number of carbonyl (C=O) groups excluding carboxylic acids is 4. The Morgan fingerprint density at radius 3 is 1.93 bits per heavy atom. The number of piperidine rings is 1. The zero-order valence-electron chi connectivity index (χ0n) is 32.3. The van der Waals surface area contributed by atoms with Crippen LogP contribution in [0.3, 0.4) is 0 Å². The number of likely N-dealkylation sites (tertiary alicyclic amines) is 2. The number of nitrogens with one attached hydrogen (secondary N) is 3. The maximum atomic E-state index is 14.0. The number of unbranched alkanes of at least 4 members (excludes halogenated alkanes) is 1. The first-order valence-electron chi connectivity index (χ1n) is 20.1. The molecule has 3 aliphatic heterocycles. The van der Waals surface area contributed by atoms with E-state index in [4.69, 9.17) is 16.2 Å². The smallest absolute Gasteiger partial charge is 0.245 e. The van der Waals surface area contributed by atoms with E-state index >= 15 is 0 Å². The molecule has 3 heterocycles. The van der Waals surface area contributed by atoms with Crippen LogP contribution in [0.15, 0.2) is 60.7 Å². The Balaban J connectivity index is 1.22. The van der Waals surface area contributed by atoms with Crippen LogP contribution in [0.2, 0.25) is 0 Å². The van der Waals surface area contributed by atoms with Gasteiger partial charge in [0.2, 0.25) is 23.6 Å². The third-order valence-corrected chi connectivity index (χ3v) is 11.4. The molecule has 3 saturated heterocycles. The molecule has 0 bridgehead atoms. The number of nitrogens with two attached hydrogens (primary N) is 2.